The van der Waals surface area contributed by atoms with E-state index in [0.29, 0.717) is 17.1 Å². The molecule has 0 aliphatic carbocycles. The Morgan fingerprint density at radius 2 is 0.805 bits per heavy atom. The van der Waals surface area contributed by atoms with Gasteiger partial charge in [-0.2, -0.15) is 0 Å². The minimum absolute atomic E-state index is 0.116. The van der Waals surface area contributed by atoms with Crippen LogP contribution < -0.4 is 18.9 Å². The van der Waals surface area contributed by atoms with E-state index in [2.05, 4.69) is 0 Å². The molecule has 17 nitrogen and oxygen atoms in total. The minimum Gasteiger partial charge on any atom is -0.497 e. The van der Waals surface area contributed by atoms with Crippen molar-refractivity contribution in [1.29, 1.82) is 0 Å². The number of benzene rings is 8. The van der Waals surface area contributed by atoms with E-state index in [1.807, 2.05) is 30.3 Å². The summed E-state index contributed by atoms with van der Waals surface area (Å²) >= 11 is 0. The van der Waals surface area contributed by atoms with Crippen molar-refractivity contribution in [1.82, 2.24) is 0 Å². The molecule has 0 radical (unpaired) electrons. The van der Waals surface area contributed by atoms with Crippen LogP contribution in [-0.2, 0) is 44.5 Å². The van der Waals surface area contributed by atoms with Crippen LogP contribution in [0.5, 0.6) is 23.0 Å². The zero-order valence-electron chi connectivity index (χ0n) is 44.6. The van der Waals surface area contributed by atoms with E-state index in [-0.39, 0.29) is 40.4 Å². The Balaban J connectivity index is 1.06. The quantitative estimate of drug-likeness (QED) is 0.0526. The van der Waals surface area contributed by atoms with Gasteiger partial charge in [0.15, 0.2) is 36.8 Å². The second-order valence-electron chi connectivity index (χ2n) is 19.1. The Hall–Kier alpha value is -9.10. The third-order valence-corrected chi connectivity index (χ3v) is 13.7. The molecule has 8 aromatic rings. The lowest BCUT2D eigenvalue weighted by atomic mass is 9.96. The molecule has 8 aromatic carbocycles. The lowest BCUT2D eigenvalue weighted by Crippen LogP contribution is -2.65. The predicted octanol–water partition coefficient (Wildman–Crippen LogP) is 9.63. The number of aliphatic hydroxyl groups excluding tert-OH is 1. The van der Waals surface area contributed by atoms with Crippen molar-refractivity contribution in [3.63, 3.8) is 0 Å². The Kier molecular flexibility index (Phi) is 18.4. The number of methoxy groups -OCH3 is 2. The first-order valence-corrected chi connectivity index (χ1v) is 26.4. The molecule has 17 heteroatoms. The molecule has 420 valence electrons. The topological polar surface area (TPSA) is 199 Å². The number of hydrogen-bond donors (Lipinski definition) is 1. The summed E-state index contributed by atoms with van der Waals surface area (Å²) in [6.45, 7) is -1.42. The SMILES string of the molecule is COc1ccc(CO[C@@H]2[C@H](OC(=O)c3ccccc3)[C@@H](Oc3ccc(OC)cc3)O[C@H](CO[C@H]3O[C@H](CO)[C@@H](OC(=O)c4ccccc4)[C@H](Oc4ccc5ccccc5c4)[C@@H]3OC(=O)c3ccccc3)[C@H]2OC(=O)c2ccccc2)cc1. The third-order valence-electron chi connectivity index (χ3n) is 13.7. The molecular formula is C65H58O17. The third kappa shape index (κ3) is 13.7. The fourth-order valence-electron chi connectivity index (χ4n) is 9.48. The molecule has 0 spiro atoms. The van der Waals surface area contributed by atoms with Gasteiger partial charge >= 0.3 is 23.9 Å². The van der Waals surface area contributed by atoms with Crippen molar-refractivity contribution < 1.29 is 81.1 Å². The first kappa shape index (κ1) is 56.2. The maximum absolute atomic E-state index is 14.4. The van der Waals surface area contributed by atoms with Crippen LogP contribution in [0.1, 0.15) is 47.0 Å². The number of carbonyl (C=O) groups is 4. The summed E-state index contributed by atoms with van der Waals surface area (Å²) in [6, 6.07) is 59.5. The maximum Gasteiger partial charge on any atom is 0.338 e. The molecule has 0 bridgehead atoms. The van der Waals surface area contributed by atoms with Crippen LogP contribution in [-0.4, -0.2) is 118 Å². The van der Waals surface area contributed by atoms with Crippen molar-refractivity contribution in [3.05, 3.63) is 240 Å². The molecule has 10 atom stereocenters. The summed E-state index contributed by atoms with van der Waals surface area (Å²) in [6.07, 6.45) is -14.7. The number of ether oxygens (including phenoxy) is 12. The molecule has 2 fully saturated rings. The van der Waals surface area contributed by atoms with Gasteiger partial charge in [-0.15, -0.1) is 0 Å². The van der Waals surface area contributed by atoms with Gasteiger partial charge in [0.1, 0.15) is 41.3 Å². The molecular weight excluding hydrogens is 1050 g/mol. The summed E-state index contributed by atoms with van der Waals surface area (Å²) in [5, 5.41) is 12.9. The van der Waals surface area contributed by atoms with Gasteiger partial charge in [0, 0.05) is 0 Å². The summed E-state index contributed by atoms with van der Waals surface area (Å²) in [5.41, 5.74) is 1.38. The van der Waals surface area contributed by atoms with Gasteiger partial charge in [0.2, 0.25) is 6.29 Å². The molecule has 2 aliphatic rings. The van der Waals surface area contributed by atoms with E-state index in [1.165, 1.54) is 7.11 Å². The maximum atomic E-state index is 14.4. The van der Waals surface area contributed by atoms with Crippen LogP contribution in [0, 0.1) is 0 Å². The molecule has 0 amide bonds. The number of rotatable bonds is 21. The highest BCUT2D eigenvalue weighted by molar-refractivity contribution is 5.91. The van der Waals surface area contributed by atoms with Crippen LogP contribution in [0.25, 0.3) is 10.8 Å². The molecule has 10 rings (SSSR count). The van der Waals surface area contributed by atoms with Crippen LogP contribution in [0.3, 0.4) is 0 Å². The predicted molar refractivity (Wildman–Crippen MR) is 296 cm³/mol. The zero-order valence-corrected chi connectivity index (χ0v) is 44.6. The highest BCUT2D eigenvalue weighted by Gasteiger charge is 2.56. The molecule has 0 unspecified atom stereocenters. The van der Waals surface area contributed by atoms with E-state index >= 15 is 0 Å². The number of aliphatic hydroxyl groups is 1. The Morgan fingerprint density at radius 1 is 0.390 bits per heavy atom. The first-order valence-electron chi connectivity index (χ1n) is 26.4. The molecule has 2 heterocycles. The highest BCUT2D eigenvalue weighted by Crippen LogP contribution is 2.37. The summed E-state index contributed by atoms with van der Waals surface area (Å²) in [5.74, 6) is -1.50. The molecule has 1 N–H and O–H groups in total. The highest BCUT2D eigenvalue weighted by atomic mass is 16.8. The number of carbonyl (C=O) groups excluding carboxylic acids is 4. The van der Waals surface area contributed by atoms with Crippen molar-refractivity contribution >= 4 is 34.6 Å². The van der Waals surface area contributed by atoms with Crippen LogP contribution >= 0.6 is 0 Å². The molecule has 0 aromatic heterocycles. The number of fused-ring (bicyclic) bond motifs is 1. The summed E-state index contributed by atoms with van der Waals surface area (Å²) in [4.78, 5) is 57.1. The second kappa shape index (κ2) is 26.9. The van der Waals surface area contributed by atoms with Crippen LogP contribution in [0.15, 0.2) is 212 Å². The lowest BCUT2D eigenvalue weighted by Gasteiger charge is -2.46. The van der Waals surface area contributed by atoms with Gasteiger partial charge in [-0.1, -0.05) is 115 Å². The smallest absolute Gasteiger partial charge is 0.338 e. The Labute approximate surface area is 472 Å². The number of hydrogen-bond acceptors (Lipinski definition) is 17. The van der Waals surface area contributed by atoms with E-state index < -0.39 is 98.5 Å². The van der Waals surface area contributed by atoms with Crippen molar-refractivity contribution in [2.24, 2.45) is 0 Å². The number of esters is 4. The van der Waals surface area contributed by atoms with E-state index in [0.717, 1.165) is 10.8 Å². The van der Waals surface area contributed by atoms with Crippen molar-refractivity contribution in [2.45, 2.75) is 68.0 Å². The van der Waals surface area contributed by atoms with E-state index in [4.69, 9.17) is 56.8 Å². The minimum atomic E-state index is -1.65. The van der Waals surface area contributed by atoms with Gasteiger partial charge in [-0.3, -0.25) is 0 Å². The van der Waals surface area contributed by atoms with Gasteiger partial charge in [-0.05, 0) is 113 Å². The van der Waals surface area contributed by atoms with Crippen LogP contribution in [0.4, 0.5) is 0 Å². The van der Waals surface area contributed by atoms with Gasteiger partial charge < -0.3 is 61.9 Å². The fourth-order valence-corrected chi connectivity index (χ4v) is 9.48. The summed E-state index contributed by atoms with van der Waals surface area (Å²) < 4.78 is 76.5. The standard InChI is InChI=1S/C65H58O17/c1-71-48-30-27-41(28-31-48)39-73-56-55(80-61(68)44-20-9-4-10-21-44)53(78-65(76-50-35-33-49(72-2)34-36-50)58(56)81-62(69)45-22-11-5-12-23-45)40-74-64-59(82-63(70)46-24-13-6-14-25-46)57(75-51-32-29-42-17-15-16-26-47(42)37-51)54(52(38-66)77-64)79-60(67)43-18-7-3-8-19-43/h3-37,52-59,64-66H,38-40H2,1-2H3/t52-,53-,54-,55-,56+,57+,58+,59+,64+,65+/m1/s1. The second-order valence-corrected chi connectivity index (χ2v) is 19.1. The van der Waals surface area contributed by atoms with E-state index in [9.17, 15) is 24.3 Å². The lowest BCUT2D eigenvalue weighted by molar-refractivity contribution is -0.321. The molecule has 0 saturated carbocycles. The van der Waals surface area contributed by atoms with Gasteiger partial charge in [0.05, 0.1) is 56.3 Å². The average molecular weight is 1110 g/mol. The van der Waals surface area contributed by atoms with E-state index in [1.54, 1.807) is 189 Å². The monoisotopic (exact) mass is 1110 g/mol. The normalized spacial score (nSPS) is 22.2. The summed E-state index contributed by atoms with van der Waals surface area (Å²) in [7, 11) is 3.07. The van der Waals surface area contributed by atoms with Gasteiger partial charge in [0.25, 0.3) is 0 Å². The molecule has 82 heavy (non-hydrogen) atoms. The fraction of sp³-hybridized carbons (Fsp3) is 0.231. The molecule has 2 aliphatic heterocycles. The van der Waals surface area contributed by atoms with Gasteiger partial charge in [-0.25, -0.2) is 19.2 Å². The Morgan fingerprint density at radius 3 is 1.30 bits per heavy atom. The first-order chi connectivity index (χ1) is 40.1. The average Bonchev–Trinajstić information content (AvgIpc) is 3.23. The molecule has 2 saturated heterocycles. The largest absolute Gasteiger partial charge is 0.497 e. The van der Waals surface area contributed by atoms with Crippen LogP contribution in [0.2, 0.25) is 0 Å². The zero-order chi connectivity index (χ0) is 56.8. The van der Waals surface area contributed by atoms with Crippen molar-refractivity contribution in [3.8, 4) is 23.0 Å². The van der Waals surface area contributed by atoms with Crippen molar-refractivity contribution in [2.75, 3.05) is 27.4 Å². The Bertz CT molecular complexity index is 3370.